The first-order valence-corrected chi connectivity index (χ1v) is 43.6. The average molecular weight is 1730 g/mol. The van der Waals surface area contributed by atoms with Gasteiger partial charge in [0, 0.05) is 168 Å². The Morgan fingerprint density at radius 1 is 0.402 bits per heavy atom. The molecule has 127 heavy (non-hydrogen) atoms. The maximum Gasteiger partial charge on any atom is 0.410 e. The van der Waals surface area contributed by atoms with Crippen LogP contribution in [0, 0.1) is 34.0 Å². The second kappa shape index (κ2) is 44.4. The number of aliphatic hydroxyl groups is 4. The minimum atomic E-state index is -0.419. The highest BCUT2D eigenvalue weighted by Gasteiger charge is 2.39. The van der Waals surface area contributed by atoms with E-state index in [4.69, 9.17) is 60.7 Å². The number of carbonyl (C=O) groups excluding carboxylic acids is 3. The summed E-state index contributed by atoms with van der Waals surface area (Å²) in [4.78, 5) is 85.5. The number of halogens is 1. The first kappa shape index (κ1) is 89.8. The van der Waals surface area contributed by atoms with E-state index in [0.29, 0.717) is 111 Å². The van der Waals surface area contributed by atoms with Crippen LogP contribution in [0.2, 0.25) is 5.28 Å². The minimum absolute atomic E-state index is 0.0187. The molecule has 3 saturated heterocycles. The third kappa shape index (κ3) is 22.3. The quantitative estimate of drug-likeness (QED) is 0.0248. The number of nitrogens with zero attached hydrogens (tertiary/aromatic N) is 18. The van der Waals surface area contributed by atoms with Gasteiger partial charge in [-0.25, -0.2) is 19.6 Å². The lowest BCUT2D eigenvalue weighted by atomic mass is 10.0. The molecule has 3 aromatic heterocycles. The molecule has 0 aliphatic carbocycles. The van der Waals surface area contributed by atoms with Gasteiger partial charge in [-0.1, -0.05) is 176 Å². The van der Waals surface area contributed by atoms with Crippen LogP contribution in [0.15, 0.2) is 201 Å². The van der Waals surface area contributed by atoms with Crippen LogP contribution >= 0.6 is 11.6 Å². The topological polar surface area (TPSA) is 347 Å². The van der Waals surface area contributed by atoms with Crippen LogP contribution in [0.25, 0.3) is 32.3 Å². The van der Waals surface area contributed by atoms with Crippen molar-refractivity contribution >= 4 is 96.5 Å². The van der Waals surface area contributed by atoms with E-state index < -0.39 is 12.2 Å². The van der Waals surface area contributed by atoms with E-state index in [2.05, 4.69) is 192 Å². The van der Waals surface area contributed by atoms with Gasteiger partial charge in [0.15, 0.2) is 0 Å². The molecule has 3 unspecified atom stereocenters. The van der Waals surface area contributed by atoms with Crippen LogP contribution in [-0.2, 0) is 66.4 Å². The van der Waals surface area contributed by atoms with E-state index in [1.54, 1.807) is 14.7 Å². The van der Waals surface area contributed by atoms with Crippen molar-refractivity contribution in [1.82, 2.24) is 44.6 Å². The number of anilines is 6. The van der Waals surface area contributed by atoms with E-state index in [1.165, 1.54) is 49.8 Å². The maximum atomic E-state index is 13.1. The van der Waals surface area contributed by atoms with E-state index in [0.717, 1.165) is 107 Å². The molecule has 6 aliphatic rings. The zero-order chi connectivity index (χ0) is 88.4. The molecule has 4 N–H and O–H groups in total. The first-order chi connectivity index (χ1) is 62.3. The maximum absolute atomic E-state index is 13.1. The van der Waals surface area contributed by atoms with Crippen molar-refractivity contribution in [3.63, 3.8) is 0 Å². The zero-order valence-electron chi connectivity index (χ0n) is 71.1. The summed E-state index contributed by atoms with van der Waals surface area (Å²) in [6.45, 7) is 13.6. The second-order valence-corrected chi connectivity index (χ2v) is 31.8. The van der Waals surface area contributed by atoms with Crippen molar-refractivity contribution in [2.75, 3.05) is 148 Å². The lowest BCUT2D eigenvalue weighted by Crippen LogP contribution is -2.55. The SMILES string of the molecule is C=CC(=O)N1CCN(c2nc(OCCCO)nc3c2CCN(c2cccc4ccccc24)C3)CC1CC#N.N#CCC1CN(c2nc(Cl)nc3c2CCN(c2cccc4ccccc24)C3)CCN1C(=O)OCc1ccccc1.N#CCC1CN(c2nc(OCCCO)nc3c2CCN(c2cccc4ccccc24)C3)CCN1C(=O)OCc1ccccc1.OCCCO. The second-order valence-electron chi connectivity index (χ2n) is 31.5. The van der Waals surface area contributed by atoms with Crippen molar-refractivity contribution < 1.29 is 53.8 Å². The Bertz CT molecular complexity index is 5730. The predicted octanol–water partition coefficient (Wildman–Crippen LogP) is 12.7. The third-order valence-electron chi connectivity index (χ3n) is 23.4. The minimum Gasteiger partial charge on any atom is -0.463 e. The average Bonchev–Trinajstić information content (AvgIpc) is 0.772. The summed E-state index contributed by atoms with van der Waals surface area (Å²) >= 11 is 6.46. The molecular formula is C97H105ClN18O11. The highest BCUT2D eigenvalue weighted by atomic mass is 35.5. The van der Waals surface area contributed by atoms with Crippen molar-refractivity contribution in [3.8, 4) is 30.2 Å². The van der Waals surface area contributed by atoms with Crippen molar-refractivity contribution in [2.45, 2.75) is 109 Å². The number of hydrogen-bond acceptors (Lipinski definition) is 26. The van der Waals surface area contributed by atoms with E-state index in [1.807, 2.05) is 60.7 Å². The molecule has 656 valence electrons. The molecule has 3 fully saturated rings. The summed E-state index contributed by atoms with van der Waals surface area (Å²) < 4.78 is 23.0. The Labute approximate surface area is 744 Å². The fourth-order valence-corrected chi connectivity index (χ4v) is 17.3. The summed E-state index contributed by atoms with van der Waals surface area (Å²) in [6.07, 6.45) is 4.84. The van der Waals surface area contributed by atoms with Gasteiger partial charge in [-0.2, -0.15) is 35.7 Å². The fourth-order valence-electron chi connectivity index (χ4n) is 17.1. The summed E-state index contributed by atoms with van der Waals surface area (Å²) in [7, 11) is 0. The Morgan fingerprint density at radius 2 is 0.740 bits per heavy atom. The molecular weight excluding hydrogens is 1630 g/mol. The van der Waals surface area contributed by atoms with Crippen LogP contribution in [0.5, 0.6) is 12.0 Å². The van der Waals surface area contributed by atoms with E-state index >= 15 is 0 Å². The van der Waals surface area contributed by atoms with Gasteiger partial charge in [0.25, 0.3) is 0 Å². The van der Waals surface area contributed by atoms with Crippen LogP contribution in [0.3, 0.4) is 0 Å². The summed E-state index contributed by atoms with van der Waals surface area (Å²) in [6, 6.07) is 69.8. The number of amides is 3. The number of benzene rings is 8. The van der Waals surface area contributed by atoms with Crippen molar-refractivity contribution in [2.24, 2.45) is 0 Å². The van der Waals surface area contributed by atoms with Crippen LogP contribution in [-0.4, -0.2) is 219 Å². The van der Waals surface area contributed by atoms with Gasteiger partial charge in [0.1, 0.15) is 30.7 Å². The molecule has 3 atom stereocenters. The van der Waals surface area contributed by atoms with E-state index in [9.17, 15) is 40.4 Å². The molecule has 9 heterocycles. The summed E-state index contributed by atoms with van der Waals surface area (Å²) in [5.74, 6) is 2.23. The van der Waals surface area contributed by atoms with Crippen molar-refractivity contribution in [3.05, 3.63) is 251 Å². The molecule has 29 nitrogen and oxygen atoms in total. The Hall–Kier alpha value is -13.5. The standard InChI is InChI=1S/C34H36N6O4.C31H29ClN6O2.C29H32N6O3.C3H8O2/c35-16-14-27-22-39(18-19-40(27)34(42)44-24-25-8-2-1-3-9-25)32-29-15-17-38(23-30(29)36-33(37-32)43-21-7-20-41)31-13-6-11-26-10-4-5-12-28(26)31;32-30-34-27-20-36(28-12-6-10-23-9-4-5-11-25(23)28)16-14-26(27)29(35-30)37-17-18-38(24(19-37)13-15-33)31(39)40-21-22-7-2-1-3-8-22;1-2-27(37)35-16-15-34(19-22(35)11-13-30)28-24-12-14-33(20-25(24)31-29(32-28)38-18-6-17-36)26-10-5-8-21-7-3-4-9-23(21)26;4-2-1-3-5/h1-6,8-13,27,41H,7,14-15,17-24H2;1-12,24H,13-14,16-21H2;2-5,7-10,22,36H,1,6,11-12,14-20H2;4-5H,1-3H2. The van der Waals surface area contributed by atoms with Gasteiger partial charge in [0.05, 0.1) is 106 Å². The highest BCUT2D eigenvalue weighted by Crippen LogP contribution is 2.40. The number of ether oxygens (including phenoxy) is 4. The largest absolute Gasteiger partial charge is 0.463 e. The third-order valence-corrected chi connectivity index (χ3v) is 23.6. The van der Waals surface area contributed by atoms with Gasteiger partial charge in [-0.05, 0) is 88.8 Å². The summed E-state index contributed by atoms with van der Waals surface area (Å²) in [5.41, 5.74) is 11.3. The predicted molar refractivity (Wildman–Crippen MR) is 488 cm³/mol. The number of carbonyl (C=O) groups is 3. The number of fused-ring (bicyclic) bond motifs is 6. The molecule has 6 aliphatic heterocycles. The van der Waals surface area contributed by atoms with Crippen LogP contribution < -0.4 is 38.9 Å². The lowest BCUT2D eigenvalue weighted by Gasteiger charge is -2.42. The molecule has 8 aromatic carbocycles. The number of nitriles is 3. The molecule has 0 saturated carbocycles. The molecule has 3 amide bonds. The number of piperazine rings is 3. The zero-order valence-corrected chi connectivity index (χ0v) is 71.9. The lowest BCUT2D eigenvalue weighted by molar-refractivity contribution is -0.128. The fraction of sp³-hybridized carbons (Fsp3) is 0.361. The van der Waals surface area contributed by atoms with E-state index in [-0.39, 0.29) is 100 Å². The Morgan fingerprint density at radius 3 is 1.10 bits per heavy atom. The number of aromatic nitrogens is 6. The molecule has 30 heteroatoms. The van der Waals surface area contributed by atoms with Gasteiger partial charge in [-0.3, -0.25) is 4.79 Å². The Kier molecular flexibility index (Phi) is 31.4. The normalized spacial score (nSPS) is 16.5. The number of hydrogen-bond donors (Lipinski definition) is 4. The smallest absolute Gasteiger partial charge is 0.410 e. The monoisotopic (exact) mass is 1730 g/mol. The number of aliphatic hydroxyl groups excluding tert-OH is 4. The van der Waals surface area contributed by atoms with Gasteiger partial charge < -0.3 is 83.5 Å². The van der Waals surface area contributed by atoms with Gasteiger partial charge in [0.2, 0.25) is 11.2 Å². The molecule has 0 spiro atoms. The summed E-state index contributed by atoms with van der Waals surface area (Å²) in [5, 5.41) is 70.3. The molecule has 0 radical (unpaired) electrons. The van der Waals surface area contributed by atoms with Gasteiger partial charge >= 0.3 is 24.2 Å². The molecule has 17 rings (SSSR count). The van der Waals surface area contributed by atoms with Crippen molar-refractivity contribution in [1.29, 1.82) is 15.8 Å². The van der Waals surface area contributed by atoms with Crippen LogP contribution in [0.4, 0.5) is 44.1 Å². The first-order valence-electron chi connectivity index (χ1n) is 43.2. The molecule has 11 aromatic rings. The highest BCUT2D eigenvalue weighted by molar-refractivity contribution is 6.28. The van der Waals surface area contributed by atoms with Gasteiger partial charge in [-0.15, -0.1) is 0 Å². The van der Waals surface area contributed by atoms with Crippen LogP contribution in [0.1, 0.15) is 83.4 Å². The molecule has 0 bridgehead atoms. The number of rotatable bonds is 24. The Balaban J connectivity index is 0.000000150.